The van der Waals surface area contributed by atoms with Crippen LogP contribution in [0.2, 0.25) is 0 Å². The van der Waals surface area contributed by atoms with Gasteiger partial charge in [-0.1, -0.05) is 0 Å². The Labute approximate surface area is 117 Å². The Bertz CT molecular complexity index is 500. The number of carboxylic acids is 1. The maximum absolute atomic E-state index is 12.3. The molecule has 0 atom stereocenters. The van der Waals surface area contributed by atoms with Gasteiger partial charge in [0.2, 0.25) is 0 Å². The number of rotatable bonds is 7. The maximum Gasteiger partial charge on any atom is 0.328 e. The lowest BCUT2D eigenvalue weighted by Gasteiger charge is -2.18. The molecule has 6 nitrogen and oxygen atoms in total. The van der Waals surface area contributed by atoms with Crippen LogP contribution in [0.3, 0.4) is 0 Å². The molecule has 108 valence electrons. The van der Waals surface area contributed by atoms with E-state index < -0.39 is 5.97 Å². The van der Waals surface area contributed by atoms with Crippen LogP contribution in [0, 0.1) is 0 Å². The molecule has 0 spiro atoms. The molecule has 1 amide bonds. The molecule has 1 N–H and O–H groups in total. The molecule has 0 aliphatic carbocycles. The van der Waals surface area contributed by atoms with E-state index in [1.807, 2.05) is 6.92 Å². The molecule has 1 heterocycles. The normalized spacial score (nSPS) is 10.7. The molecular weight excluding hydrogens is 260 g/mol. The number of amides is 1. The number of ether oxygens (including phenoxy) is 1. The standard InChI is InChI=1S/C14H18N2O4/c1-3-20-9-8-16(2)14(19)12-6-7-15-10-11(12)4-5-13(17)18/h4-7,10H,3,8-9H2,1-2H3,(H,17,18)/b5-4+. The van der Waals surface area contributed by atoms with Gasteiger partial charge in [-0.25, -0.2) is 4.79 Å². The van der Waals surface area contributed by atoms with Crippen molar-refractivity contribution in [3.05, 3.63) is 35.7 Å². The molecule has 1 aromatic rings. The second-order valence-electron chi connectivity index (χ2n) is 4.06. The number of aliphatic carboxylic acids is 1. The Kier molecular flexibility index (Phi) is 6.39. The minimum atomic E-state index is -1.07. The number of pyridine rings is 1. The SMILES string of the molecule is CCOCCN(C)C(=O)c1ccncc1/C=C/C(=O)O. The third kappa shape index (κ3) is 4.81. The lowest BCUT2D eigenvalue weighted by Crippen LogP contribution is -2.30. The monoisotopic (exact) mass is 278 g/mol. The number of hydrogen-bond acceptors (Lipinski definition) is 4. The lowest BCUT2D eigenvalue weighted by molar-refractivity contribution is -0.131. The van der Waals surface area contributed by atoms with Gasteiger partial charge in [-0.05, 0) is 19.1 Å². The van der Waals surface area contributed by atoms with Crippen molar-refractivity contribution in [2.75, 3.05) is 26.8 Å². The third-order valence-electron chi connectivity index (χ3n) is 2.61. The van der Waals surface area contributed by atoms with Gasteiger partial charge < -0.3 is 14.7 Å². The molecule has 0 aliphatic rings. The first-order valence-corrected chi connectivity index (χ1v) is 6.24. The van der Waals surface area contributed by atoms with E-state index in [0.29, 0.717) is 30.9 Å². The Morgan fingerprint density at radius 1 is 1.50 bits per heavy atom. The summed E-state index contributed by atoms with van der Waals surface area (Å²) < 4.78 is 5.20. The highest BCUT2D eigenvalue weighted by Crippen LogP contribution is 2.11. The van der Waals surface area contributed by atoms with E-state index in [9.17, 15) is 9.59 Å². The molecule has 0 aliphatic heterocycles. The minimum Gasteiger partial charge on any atom is -0.478 e. The number of nitrogens with zero attached hydrogens (tertiary/aromatic N) is 2. The van der Waals surface area contributed by atoms with Crippen molar-refractivity contribution in [1.82, 2.24) is 9.88 Å². The van der Waals surface area contributed by atoms with Gasteiger partial charge in [0.15, 0.2) is 0 Å². The third-order valence-corrected chi connectivity index (χ3v) is 2.61. The zero-order valence-corrected chi connectivity index (χ0v) is 11.6. The Balaban J connectivity index is 2.84. The summed E-state index contributed by atoms with van der Waals surface area (Å²) in [5.41, 5.74) is 0.889. The summed E-state index contributed by atoms with van der Waals surface area (Å²) in [7, 11) is 1.67. The lowest BCUT2D eigenvalue weighted by atomic mass is 10.1. The highest BCUT2D eigenvalue weighted by molar-refractivity contribution is 5.98. The number of carbonyl (C=O) groups is 2. The predicted octanol–water partition coefficient (Wildman–Crippen LogP) is 1.29. The molecular formula is C14H18N2O4. The minimum absolute atomic E-state index is 0.197. The summed E-state index contributed by atoms with van der Waals surface area (Å²) in [6.07, 6.45) is 5.30. The van der Waals surface area contributed by atoms with Gasteiger partial charge in [-0.15, -0.1) is 0 Å². The van der Waals surface area contributed by atoms with Crippen molar-refractivity contribution in [2.45, 2.75) is 6.92 Å². The quantitative estimate of drug-likeness (QED) is 0.600. The smallest absolute Gasteiger partial charge is 0.328 e. The van der Waals surface area contributed by atoms with Crippen molar-refractivity contribution in [3.8, 4) is 0 Å². The van der Waals surface area contributed by atoms with Gasteiger partial charge in [-0.2, -0.15) is 0 Å². The molecule has 20 heavy (non-hydrogen) atoms. The average molecular weight is 278 g/mol. The van der Waals surface area contributed by atoms with E-state index in [0.717, 1.165) is 6.08 Å². The highest BCUT2D eigenvalue weighted by atomic mass is 16.5. The van der Waals surface area contributed by atoms with E-state index in [4.69, 9.17) is 9.84 Å². The molecule has 1 rings (SSSR count). The molecule has 0 aromatic carbocycles. The van der Waals surface area contributed by atoms with Gasteiger partial charge in [0, 0.05) is 49.8 Å². The average Bonchev–Trinajstić information content (AvgIpc) is 2.44. The van der Waals surface area contributed by atoms with Gasteiger partial charge in [-0.3, -0.25) is 9.78 Å². The van der Waals surface area contributed by atoms with E-state index in [1.165, 1.54) is 23.4 Å². The summed E-state index contributed by atoms with van der Waals surface area (Å²) in [4.78, 5) is 28.2. The van der Waals surface area contributed by atoms with E-state index in [-0.39, 0.29) is 5.91 Å². The van der Waals surface area contributed by atoms with Crippen LogP contribution in [-0.2, 0) is 9.53 Å². The van der Waals surface area contributed by atoms with Crippen LogP contribution in [-0.4, -0.2) is 53.7 Å². The first-order chi connectivity index (χ1) is 9.56. The number of carbonyl (C=O) groups excluding carboxylic acids is 1. The first kappa shape index (κ1) is 15.8. The number of carboxylic acid groups (broad SMARTS) is 1. The predicted molar refractivity (Wildman–Crippen MR) is 74.4 cm³/mol. The molecule has 6 heteroatoms. The Hall–Kier alpha value is -2.21. The number of likely N-dealkylation sites (N-methyl/N-ethyl adjacent to an activating group) is 1. The summed E-state index contributed by atoms with van der Waals surface area (Å²) in [5, 5.41) is 8.64. The van der Waals surface area contributed by atoms with Crippen LogP contribution in [0.4, 0.5) is 0 Å². The molecule has 0 saturated carbocycles. The zero-order valence-electron chi connectivity index (χ0n) is 11.6. The second-order valence-corrected chi connectivity index (χ2v) is 4.06. The van der Waals surface area contributed by atoms with Crippen LogP contribution >= 0.6 is 0 Å². The fourth-order valence-corrected chi connectivity index (χ4v) is 1.55. The second kappa shape index (κ2) is 8.06. The van der Waals surface area contributed by atoms with Crippen LogP contribution in [0.5, 0.6) is 0 Å². The van der Waals surface area contributed by atoms with Gasteiger partial charge in [0.1, 0.15) is 0 Å². The molecule has 0 fully saturated rings. The van der Waals surface area contributed by atoms with Crippen molar-refractivity contribution < 1.29 is 19.4 Å². The summed E-state index contributed by atoms with van der Waals surface area (Å²) in [5.74, 6) is -1.27. The van der Waals surface area contributed by atoms with Crippen molar-refractivity contribution in [2.24, 2.45) is 0 Å². The van der Waals surface area contributed by atoms with Crippen LogP contribution in [0.1, 0.15) is 22.8 Å². The summed E-state index contributed by atoms with van der Waals surface area (Å²) >= 11 is 0. The molecule has 0 unspecified atom stereocenters. The molecule has 0 saturated heterocycles. The van der Waals surface area contributed by atoms with Crippen molar-refractivity contribution >= 4 is 18.0 Å². The van der Waals surface area contributed by atoms with E-state index in [1.54, 1.807) is 13.1 Å². The molecule has 1 aromatic heterocycles. The number of aromatic nitrogens is 1. The van der Waals surface area contributed by atoms with Crippen LogP contribution < -0.4 is 0 Å². The fraction of sp³-hybridized carbons (Fsp3) is 0.357. The van der Waals surface area contributed by atoms with Crippen LogP contribution in [0.25, 0.3) is 6.08 Å². The topological polar surface area (TPSA) is 79.7 Å². The molecule has 0 radical (unpaired) electrons. The summed E-state index contributed by atoms with van der Waals surface area (Å²) in [6.45, 7) is 3.42. The van der Waals surface area contributed by atoms with E-state index in [2.05, 4.69) is 4.98 Å². The van der Waals surface area contributed by atoms with Gasteiger partial charge in [0.05, 0.1) is 6.61 Å². The van der Waals surface area contributed by atoms with Crippen LogP contribution in [0.15, 0.2) is 24.5 Å². The largest absolute Gasteiger partial charge is 0.478 e. The fourth-order valence-electron chi connectivity index (χ4n) is 1.55. The Morgan fingerprint density at radius 2 is 2.25 bits per heavy atom. The maximum atomic E-state index is 12.3. The molecule has 0 bridgehead atoms. The van der Waals surface area contributed by atoms with E-state index >= 15 is 0 Å². The summed E-state index contributed by atoms with van der Waals surface area (Å²) in [6, 6.07) is 1.57. The zero-order chi connectivity index (χ0) is 15.0. The Morgan fingerprint density at radius 3 is 2.90 bits per heavy atom. The highest BCUT2D eigenvalue weighted by Gasteiger charge is 2.14. The number of hydrogen-bond donors (Lipinski definition) is 1. The van der Waals surface area contributed by atoms with Crippen molar-refractivity contribution in [1.29, 1.82) is 0 Å². The van der Waals surface area contributed by atoms with Gasteiger partial charge in [0.25, 0.3) is 5.91 Å². The van der Waals surface area contributed by atoms with Crippen molar-refractivity contribution in [3.63, 3.8) is 0 Å². The van der Waals surface area contributed by atoms with Gasteiger partial charge >= 0.3 is 5.97 Å². The first-order valence-electron chi connectivity index (χ1n) is 6.24.